The molecular weight excluding hydrogens is 367 g/mol. The molecule has 1 aromatic heterocycles. The molecule has 0 saturated heterocycles. The Balaban J connectivity index is 1.70. The van der Waals surface area contributed by atoms with Crippen molar-refractivity contribution < 1.29 is 9.21 Å². The van der Waals surface area contributed by atoms with E-state index in [0.717, 1.165) is 5.56 Å². The van der Waals surface area contributed by atoms with E-state index in [9.17, 15) is 4.79 Å². The molecule has 0 spiro atoms. The number of hydrogen-bond donors (Lipinski definition) is 0. The number of carbonyl (C=O) groups excluding carboxylic acids is 1. The number of nitrogens with zero attached hydrogens (tertiary/aromatic N) is 2. The molecule has 0 radical (unpaired) electrons. The van der Waals surface area contributed by atoms with Crippen LogP contribution in [0.15, 0.2) is 58.2 Å². The summed E-state index contributed by atoms with van der Waals surface area (Å²) in [4.78, 5) is 12.4. The van der Waals surface area contributed by atoms with Crippen molar-refractivity contribution in [1.29, 1.82) is 0 Å². The van der Waals surface area contributed by atoms with Gasteiger partial charge in [0.1, 0.15) is 0 Å². The van der Waals surface area contributed by atoms with Crippen LogP contribution in [0.3, 0.4) is 0 Å². The molecule has 1 atom stereocenters. The summed E-state index contributed by atoms with van der Waals surface area (Å²) in [6.07, 6.45) is 0. The number of benzene rings is 2. The van der Waals surface area contributed by atoms with Crippen LogP contribution in [-0.2, 0) is 0 Å². The minimum atomic E-state index is -0.357. The Morgan fingerprint density at radius 3 is 2.21 bits per heavy atom. The van der Waals surface area contributed by atoms with Crippen molar-refractivity contribution in [3.8, 4) is 11.5 Å². The Kier molecular flexibility index (Phi) is 5.23. The molecule has 3 rings (SSSR count). The molecular formula is C17H12Cl2N2O2S. The van der Waals surface area contributed by atoms with Crippen LogP contribution in [-0.4, -0.2) is 21.2 Å². The van der Waals surface area contributed by atoms with Crippen LogP contribution in [0.4, 0.5) is 0 Å². The molecule has 24 heavy (non-hydrogen) atoms. The van der Waals surface area contributed by atoms with Crippen molar-refractivity contribution in [3.63, 3.8) is 0 Å². The lowest BCUT2D eigenvalue weighted by molar-refractivity contribution is 0.0993. The normalized spacial score (nSPS) is 12.1. The number of aromatic nitrogens is 2. The third kappa shape index (κ3) is 3.98. The number of halogens is 2. The van der Waals surface area contributed by atoms with Gasteiger partial charge in [-0.15, -0.1) is 10.2 Å². The standard InChI is InChI=1S/C17H12Cl2N2O2S/c1-10(15(22)11-2-6-13(18)7-3-11)24-17-21-20-16(23-17)12-4-8-14(19)9-5-12/h2-10H,1H3/t10-/m0/s1. The Bertz CT molecular complexity index is 848. The van der Waals surface area contributed by atoms with Crippen molar-refractivity contribution in [3.05, 3.63) is 64.1 Å². The van der Waals surface area contributed by atoms with Crippen molar-refractivity contribution in [2.75, 3.05) is 0 Å². The summed E-state index contributed by atoms with van der Waals surface area (Å²) < 4.78 is 5.61. The molecule has 122 valence electrons. The van der Waals surface area contributed by atoms with E-state index in [1.165, 1.54) is 11.8 Å². The van der Waals surface area contributed by atoms with E-state index >= 15 is 0 Å². The molecule has 0 bridgehead atoms. The average Bonchev–Trinajstić information content (AvgIpc) is 3.04. The van der Waals surface area contributed by atoms with Crippen molar-refractivity contribution >= 4 is 40.7 Å². The van der Waals surface area contributed by atoms with Gasteiger partial charge in [-0.25, -0.2) is 0 Å². The van der Waals surface area contributed by atoms with Gasteiger partial charge in [0.2, 0.25) is 5.89 Å². The van der Waals surface area contributed by atoms with Gasteiger partial charge in [-0.1, -0.05) is 35.0 Å². The monoisotopic (exact) mass is 378 g/mol. The highest BCUT2D eigenvalue weighted by Gasteiger charge is 2.20. The third-order valence-corrected chi connectivity index (χ3v) is 4.71. The summed E-state index contributed by atoms with van der Waals surface area (Å²) >= 11 is 12.9. The zero-order valence-electron chi connectivity index (χ0n) is 12.6. The first-order valence-electron chi connectivity index (χ1n) is 7.09. The van der Waals surface area contributed by atoms with Crippen LogP contribution in [0, 0.1) is 0 Å². The molecule has 3 aromatic rings. The molecule has 2 aromatic carbocycles. The first-order chi connectivity index (χ1) is 11.5. The Labute approximate surface area is 153 Å². The molecule has 4 nitrogen and oxygen atoms in total. The maximum absolute atomic E-state index is 12.4. The predicted molar refractivity (Wildman–Crippen MR) is 95.8 cm³/mol. The number of rotatable bonds is 5. The molecule has 0 amide bonds. The highest BCUT2D eigenvalue weighted by atomic mass is 35.5. The van der Waals surface area contributed by atoms with Gasteiger partial charge in [0.15, 0.2) is 5.78 Å². The lowest BCUT2D eigenvalue weighted by atomic mass is 10.1. The van der Waals surface area contributed by atoms with Crippen LogP contribution >= 0.6 is 35.0 Å². The smallest absolute Gasteiger partial charge is 0.277 e. The molecule has 0 saturated carbocycles. The minimum Gasteiger partial charge on any atom is -0.411 e. The first kappa shape index (κ1) is 17.0. The molecule has 1 heterocycles. The highest BCUT2D eigenvalue weighted by Crippen LogP contribution is 2.28. The number of thioether (sulfide) groups is 1. The molecule has 0 fully saturated rings. The largest absolute Gasteiger partial charge is 0.411 e. The van der Waals surface area contributed by atoms with Gasteiger partial charge in [0.25, 0.3) is 5.22 Å². The van der Waals surface area contributed by atoms with Crippen LogP contribution in [0.5, 0.6) is 0 Å². The second-order valence-electron chi connectivity index (χ2n) is 5.01. The van der Waals surface area contributed by atoms with Crippen molar-refractivity contribution in [2.45, 2.75) is 17.4 Å². The predicted octanol–water partition coefficient (Wildman–Crippen LogP) is 5.41. The summed E-state index contributed by atoms with van der Waals surface area (Å²) in [6.45, 7) is 1.80. The Morgan fingerprint density at radius 1 is 1.00 bits per heavy atom. The summed E-state index contributed by atoms with van der Waals surface area (Å²) in [5.74, 6) is 0.364. The topological polar surface area (TPSA) is 56.0 Å². The number of ketones is 1. The molecule has 0 aliphatic rings. The van der Waals surface area contributed by atoms with E-state index in [2.05, 4.69) is 10.2 Å². The van der Waals surface area contributed by atoms with Crippen molar-refractivity contribution in [2.24, 2.45) is 0 Å². The fourth-order valence-electron chi connectivity index (χ4n) is 2.02. The van der Waals surface area contributed by atoms with Crippen LogP contribution in [0.1, 0.15) is 17.3 Å². The first-order valence-corrected chi connectivity index (χ1v) is 8.72. The van der Waals surface area contributed by atoms with E-state index in [1.54, 1.807) is 55.5 Å². The summed E-state index contributed by atoms with van der Waals surface area (Å²) in [5, 5.41) is 9.20. The number of carbonyl (C=O) groups is 1. The van der Waals surface area contributed by atoms with Gasteiger partial charge >= 0.3 is 0 Å². The summed E-state index contributed by atoms with van der Waals surface area (Å²) in [5.41, 5.74) is 1.37. The second kappa shape index (κ2) is 7.38. The molecule has 0 aliphatic carbocycles. The van der Waals surface area contributed by atoms with Crippen LogP contribution < -0.4 is 0 Å². The fraction of sp³-hybridized carbons (Fsp3) is 0.118. The molecule has 0 unspecified atom stereocenters. The maximum Gasteiger partial charge on any atom is 0.277 e. The van der Waals surface area contributed by atoms with Gasteiger partial charge in [0, 0.05) is 21.2 Å². The zero-order valence-corrected chi connectivity index (χ0v) is 14.9. The van der Waals surface area contributed by atoms with Gasteiger partial charge in [-0.2, -0.15) is 0 Å². The van der Waals surface area contributed by atoms with E-state index in [-0.39, 0.29) is 11.0 Å². The highest BCUT2D eigenvalue weighted by molar-refractivity contribution is 8.00. The zero-order chi connectivity index (χ0) is 17.1. The van der Waals surface area contributed by atoms with E-state index in [4.69, 9.17) is 27.6 Å². The van der Waals surface area contributed by atoms with Gasteiger partial charge < -0.3 is 4.42 Å². The Hall–Kier alpha value is -1.82. The van der Waals surface area contributed by atoms with E-state index < -0.39 is 0 Å². The number of hydrogen-bond acceptors (Lipinski definition) is 5. The van der Waals surface area contributed by atoms with E-state index in [1.807, 2.05) is 0 Å². The van der Waals surface area contributed by atoms with Crippen LogP contribution in [0.2, 0.25) is 10.0 Å². The number of Topliss-reactive ketones (excluding diaryl/α,β-unsaturated/α-hetero) is 1. The quantitative estimate of drug-likeness (QED) is 0.438. The Morgan fingerprint density at radius 2 is 1.58 bits per heavy atom. The van der Waals surface area contributed by atoms with E-state index in [0.29, 0.717) is 26.7 Å². The molecule has 7 heteroatoms. The van der Waals surface area contributed by atoms with Gasteiger partial charge in [-0.05, 0) is 55.5 Å². The fourth-order valence-corrected chi connectivity index (χ4v) is 3.03. The molecule has 0 aliphatic heterocycles. The third-order valence-electron chi connectivity index (χ3n) is 3.27. The lowest BCUT2D eigenvalue weighted by Crippen LogP contribution is -2.13. The SMILES string of the molecule is C[C@H](Sc1nnc(-c2ccc(Cl)cc2)o1)C(=O)c1ccc(Cl)cc1. The molecule has 0 N–H and O–H groups in total. The van der Waals surface area contributed by atoms with Gasteiger partial charge in [-0.3, -0.25) is 4.79 Å². The van der Waals surface area contributed by atoms with Crippen molar-refractivity contribution in [1.82, 2.24) is 10.2 Å². The van der Waals surface area contributed by atoms with Crippen LogP contribution in [0.25, 0.3) is 11.5 Å². The minimum absolute atomic E-state index is 0.0251. The summed E-state index contributed by atoms with van der Waals surface area (Å²) in [7, 11) is 0. The lowest BCUT2D eigenvalue weighted by Gasteiger charge is -2.07. The summed E-state index contributed by atoms with van der Waals surface area (Å²) in [6, 6.07) is 13.9. The average molecular weight is 379 g/mol. The second-order valence-corrected chi connectivity index (χ2v) is 7.18. The maximum atomic E-state index is 12.4. The van der Waals surface area contributed by atoms with Gasteiger partial charge in [0.05, 0.1) is 5.25 Å².